The molecular formula is C16H25ClO4. The first-order valence-corrected chi connectivity index (χ1v) is 7.77. The number of halogens is 1. The van der Waals surface area contributed by atoms with Gasteiger partial charge in [0, 0.05) is 13.2 Å². The van der Waals surface area contributed by atoms with Crippen LogP contribution in [-0.4, -0.2) is 44.7 Å². The number of aliphatic hydroxyl groups excluding tert-OH is 1. The Kier molecular flexibility index (Phi) is 10.3. The number of aliphatic hydroxyl groups is 1. The van der Waals surface area contributed by atoms with E-state index in [1.54, 1.807) is 0 Å². The largest absolute Gasteiger partial charge is 0.490 e. The molecule has 0 bridgehead atoms. The molecule has 0 radical (unpaired) electrons. The molecule has 0 fully saturated rings. The monoisotopic (exact) mass is 316 g/mol. The molecule has 0 heterocycles. The fraction of sp³-hybridized carbons (Fsp3) is 0.625. The number of hydrogen-bond acceptors (Lipinski definition) is 4. The lowest BCUT2D eigenvalue weighted by molar-refractivity contribution is 0.0350. The molecule has 0 spiro atoms. The predicted octanol–water partition coefficient (Wildman–Crippen LogP) is 3.22. The highest BCUT2D eigenvalue weighted by atomic mass is 35.5. The molecule has 0 saturated heterocycles. The third-order valence-electron chi connectivity index (χ3n) is 2.89. The summed E-state index contributed by atoms with van der Waals surface area (Å²) < 4.78 is 16.4. The number of aryl methyl sites for hydroxylation is 1. The summed E-state index contributed by atoms with van der Waals surface area (Å²) >= 11 is 6.06. The summed E-state index contributed by atoms with van der Waals surface area (Å²) in [6, 6.07) is 5.71. The molecule has 0 saturated carbocycles. The van der Waals surface area contributed by atoms with Crippen molar-refractivity contribution < 1.29 is 19.3 Å². The van der Waals surface area contributed by atoms with Gasteiger partial charge in [-0.25, -0.2) is 0 Å². The Morgan fingerprint density at radius 3 is 2.38 bits per heavy atom. The Labute approximate surface area is 132 Å². The second kappa shape index (κ2) is 11.8. The van der Waals surface area contributed by atoms with Crippen LogP contribution in [0.25, 0.3) is 0 Å². The Bertz CT molecular complexity index is 385. The van der Waals surface area contributed by atoms with Crippen molar-refractivity contribution in [3.8, 4) is 5.75 Å². The van der Waals surface area contributed by atoms with Crippen LogP contribution in [0.4, 0.5) is 0 Å². The standard InChI is InChI=1S/C16H25ClO4/c1-14-5-6-16(15(17)13-14)21-12-11-20-10-9-19-8-4-2-3-7-18/h5-6,13,18H,2-4,7-12H2,1H3. The van der Waals surface area contributed by atoms with E-state index in [2.05, 4.69) is 0 Å². The van der Waals surface area contributed by atoms with Gasteiger partial charge in [0.05, 0.1) is 24.8 Å². The van der Waals surface area contributed by atoms with Crippen molar-refractivity contribution in [2.24, 2.45) is 0 Å². The first-order chi connectivity index (χ1) is 10.2. The minimum absolute atomic E-state index is 0.258. The Morgan fingerprint density at radius 2 is 1.67 bits per heavy atom. The van der Waals surface area contributed by atoms with Crippen LogP contribution in [0.5, 0.6) is 5.75 Å². The van der Waals surface area contributed by atoms with E-state index >= 15 is 0 Å². The van der Waals surface area contributed by atoms with E-state index in [1.165, 1.54) is 0 Å². The van der Waals surface area contributed by atoms with Gasteiger partial charge < -0.3 is 19.3 Å². The molecule has 1 N–H and O–H groups in total. The number of hydrogen-bond donors (Lipinski definition) is 1. The molecule has 0 amide bonds. The quantitative estimate of drug-likeness (QED) is 0.601. The van der Waals surface area contributed by atoms with Crippen LogP contribution in [0, 0.1) is 6.92 Å². The van der Waals surface area contributed by atoms with E-state index in [0.717, 1.165) is 31.4 Å². The van der Waals surface area contributed by atoms with Gasteiger partial charge in [0.25, 0.3) is 0 Å². The summed E-state index contributed by atoms with van der Waals surface area (Å²) in [7, 11) is 0. The summed E-state index contributed by atoms with van der Waals surface area (Å²) in [5, 5.41) is 9.25. The lowest BCUT2D eigenvalue weighted by Gasteiger charge is -2.09. The molecule has 0 aliphatic rings. The molecule has 4 nitrogen and oxygen atoms in total. The lowest BCUT2D eigenvalue weighted by atomic mass is 10.2. The third kappa shape index (κ3) is 8.94. The summed E-state index contributed by atoms with van der Waals surface area (Å²) in [5.41, 5.74) is 1.11. The van der Waals surface area contributed by atoms with Crippen molar-refractivity contribution in [2.75, 3.05) is 39.6 Å². The van der Waals surface area contributed by atoms with Crippen LogP contribution >= 0.6 is 11.6 Å². The van der Waals surface area contributed by atoms with Crippen molar-refractivity contribution in [3.05, 3.63) is 28.8 Å². The average molecular weight is 317 g/mol. The second-order valence-corrected chi connectivity index (χ2v) is 5.20. The zero-order valence-electron chi connectivity index (χ0n) is 12.6. The first kappa shape index (κ1) is 18.2. The number of benzene rings is 1. The van der Waals surface area contributed by atoms with Gasteiger partial charge in [-0.1, -0.05) is 17.7 Å². The van der Waals surface area contributed by atoms with Gasteiger partial charge in [0.2, 0.25) is 0 Å². The van der Waals surface area contributed by atoms with E-state index in [1.807, 2.05) is 25.1 Å². The summed E-state index contributed by atoms with van der Waals surface area (Å²) in [5.74, 6) is 0.686. The van der Waals surface area contributed by atoms with Crippen LogP contribution in [0.1, 0.15) is 24.8 Å². The van der Waals surface area contributed by atoms with Crippen LogP contribution in [0.3, 0.4) is 0 Å². The molecular weight excluding hydrogens is 292 g/mol. The molecule has 0 aliphatic heterocycles. The number of rotatable bonds is 12. The molecule has 0 aromatic heterocycles. The lowest BCUT2D eigenvalue weighted by Crippen LogP contribution is -2.11. The van der Waals surface area contributed by atoms with Gasteiger partial charge in [-0.2, -0.15) is 0 Å². The summed E-state index contributed by atoms with van der Waals surface area (Å²) in [6.07, 6.45) is 2.83. The van der Waals surface area contributed by atoms with Crippen molar-refractivity contribution in [3.63, 3.8) is 0 Å². The smallest absolute Gasteiger partial charge is 0.138 e. The minimum Gasteiger partial charge on any atom is -0.490 e. The molecule has 1 aromatic rings. The topological polar surface area (TPSA) is 47.9 Å². The zero-order valence-corrected chi connectivity index (χ0v) is 13.4. The van der Waals surface area contributed by atoms with E-state index in [9.17, 15) is 0 Å². The van der Waals surface area contributed by atoms with E-state index in [4.69, 9.17) is 30.9 Å². The maximum Gasteiger partial charge on any atom is 0.138 e. The maximum absolute atomic E-state index is 8.62. The van der Waals surface area contributed by atoms with E-state index in [0.29, 0.717) is 37.2 Å². The van der Waals surface area contributed by atoms with Crippen LogP contribution < -0.4 is 4.74 Å². The zero-order chi connectivity index (χ0) is 15.3. The van der Waals surface area contributed by atoms with Crippen LogP contribution in [0.15, 0.2) is 18.2 Å². The average Bonchev–Trinajstić information content (AvgIpc) is 2.46. The van der Waals surface area contributed by atoms with Gasteiger partial charge >= 0.3 is 0 Å². The van der Waals surface area contributed by atoms with Gasteiger partial charge in [0.15, 0.2) is 0 Å². The number of ether oxygens (including phenoxy) is 3. The molecule has 0 unspecified atom stereocenters. The highest BCUT2D eigenvalue weighted by Gasteiger charge is 2.01. The Hall–Kier alpha value is -0.810. The second-order valence-electron chi connectivity index (χ2n) is 4.79. The number of unbranched alkanes of at least 4 members (excludes halogenated alkanes) is 2. The molecule has 5 heteroatoms. The van der Waals surface area contributed by atoms with Crippen molar-refractivity contribution in [1.82, 2.24) is 0 Å². The first-order valence-electron chi connectivity index (χ1n) is 7.39. The molecule has 1 aromatic carbocycles. The fourth-order valence-corrected chi connectivity index (χ4v) is 2.04. The third-order valence-corrected chi connectivity index (χ3v) is 3.19. The normalized spacial score (nSPS) is 10.8. The summed E-state index contributed by atoms with van der Waals surface area (Å²) in [4.78, 5) is 0. The predicted molar refractivity (Wildman–Crippen MR) is 84.3 cm³/mol. The SMILES string of the molecule is Cc1ccc(OCCOCCOCCCCCO)c(Cl)c1. The molecule has 21 heavy (non-hydrogen) atoms. The van der Waals surface area contributed by atoms with E-state index < -0.39 is 0 Å². The van der Waals surface area contributed by atoms with Gasteiger partial charge in [-0.3, -0.25) is 0 Å². The van der Waals surface area contributed by atoms with Crippen molar-refractivity contribution in [2.45, 2.75) is 26.2 Å². The van der Waals surface area contributed by atoms with E-state index in [-0.39, 0.29) is 6.61 Å². The maximum atomic E-state index is 8.62. The highest BCUT2D eigenvalue weighted by molar-refractivity contribution is 6.32. The van der Waals surface area contributed by atoms with Crippen LogP contribution in [-0.2, 0) is 9.47 Å². The molecule has 0 atom stereocenters. The Morgan fingerprint density at radius 1 is 0.952 bits per heavy atom. The fourth-order valence-electron chi connectivity index (χ4n) is 1.75. The summed E-state index contributed by atoms with van der Waals surface area (Å²) in [6.45, 7) is 5.10. The van der Waals surface area contributed by atoms with Gasteiger partial charge in [-0.05, 0) is 43.9 Å². The molecule has 1 rings (SSSR count). The van der Waals surface area contributed by atoms with Crippen molar-refractivity contribution in [1.29, 1.82) is 0 Å². The molecule has 0 aliphatic carbocycles. The van der Waals surface area contributed by atoms with Gasteiger partial charge in [-0.15, -0.1) is 0 Å². The van der Waals surface area contributed by atoms with Crippen molar-refractivity contribution >= 4 is 11.6 Å². The minimum atomic E-state index is 0.258. The van der Waals surface area contributed by atoms with Crippen LogP contribution in [0.2, 0.25) is 5.02 Å². The van der Waals surface area contributed by atoms with Gasteiger partial charge in [0.1, 0.15) is 12.4 Å². The Balaban J connectivity index is 1.93. The molecule has 120 valence electrons. The highest BCUT2D eigenvalue weighted by Crippen LogP contribution is 2.24.